The number of hydrogen-bond donors (Lipinski definition) is 1. The highest BCUT2D eigenvalue weighted by Crippen LogP contribution is 2.27. The first-order chi connectivity index (χ1) is 11.2. The molecule has 1 amide bonds. The lowest BCUT2D eigenvalue weighted by atomic mass is 9.89. The molecular weight excluding hydrogens is 288 g/mol. The molecule has 0 bridgehead atoms. The molecule has 5 nitrogen and oxygen atoms in total. The maximum Gasteiger partial charge on any atom is 0.271 e. The van der Waals surface area contributed by atoms with Gasteiger partial charge < -0.3 is 10.2 Å². The Morgan fingerprint density at radius 2 is 1.96 bits per heavy atom. The van der Waals surface area contributed by atoms with Crippen molar-refractivity contribution in [1.29, 1.82) is 0 Å². The van der Waals surface area contributed by atoms with Gasteiger partial charge in [0.2, 0.25) is 0 Å². The van der Waals surface area contributed by atoms with Gasteiger partial charge >= 0.3 is 0 Å². The van der Waals surface area contributed by atoms with Gasteiger partial charge in [-0.05, 0) is 43.5 Å². The third-order valence-corrected chi connectivity index (χ3v) is 4.52. The Bertz CT molecular complexity index is 629. The topological polar surface area (TPSA) is 50.2 Å². The second kappa shape index (κ2) is 7.42. The van der Waals surface area contributed by atoms with Crippen molar-refractivity contribution in [1.82, 2.24) is 20.0 Å². The fourth-order valence-corrected chi connectivity index (χ4v) is 3.17. The predicted octanol–water partition coefficient (Wildman–Crippen LogP) is 2.03. The van der Waals surface area contributed by atoms with Crippen molar-refractivity contribution in [3.8, 4) is 0 Å². The first-order valence-electron chi connectivity index (χ1n) is 8.27. The summed E-state index contributed by atoms with van der Waals surface area (Å²) in [6.07, 6.45) is 4.17. The van der Waals surface area contributed by atoms with Crippen molar-refractivity contribution in [2.45, 2.75) is 18.8 Å². The maximum absolute atomic E-state index is 11.9. The van der Waals surface area contributed by atoms with Gasteiger partial charge in [0.1, 0.15) is 5.69 Å². The molecule has 0 saturated carbocycles. The predicted molar refractivity (Wildman–Crippen MR) is 90.4 cm³/mol. The Hall–Kier alpha value is -2.14. The van der Waals surface area contributed by atoms with Crippen molar-refractivity contribution >= 4 is 5.91 Å². The van der Waals surface area contributed by atoms with Gasteiger partial charge in [-0.15, -0.1) is 0 Å². The average molecular weight is 312 g/mol. The van der Waals surface area contributed by atoms with Gasteiger partial charge in [0.05, 0.1) is 0 Å². The van der Waals surface area contributed by atoms with E-state index in [0.717, 1.165) is 19.6 Å². The smallest absolute Gasteiger partial charge is 0.271 e. The van der Waals surface area contributed by atoms with E-state index >= 15 is 0 Å². The molecule has 3 rings (SSSR count). The van der Waals surface area contributed by atoms with Gasteiger partial charge in [-0.3, -0.25) is 9.48 Å². The van der Waals surface area contributed by atoms with Crippen molar-refractivity contribution in [2.75, 3.05) is 26.2 Å². The highest BCUT2D eigenvalue weighted by Gasteiger charge is 2.20. The van der Waals surface area contributed by atoms with Crippen LogP contribution in [0.1, 0.15) is 34.8 Å². The Morgan fingerprint density at radius 3 is 2.61 bits per heavy atom. The number of likely N-dealkylation sites (tertiary alicyclic amines) is 1. The van der Waals surface area contributed by atoms with Gasteiger partial charge in [-0.25, -0.2) is 0 Å². The van der Waals surface area contributed by atoms with E-state index in [0.29, 0.717) is 18.2 Å². The number of carbonyl (C=O) groups is 1. The fraction of sp³-hybridized carbons (Fsp3) is 0.444. The number of carbonyl (C=O) groups excluding carboxylic acids is 1. The lowest BCUT2D eigenvalue weighted by Crippen LogP contribution is -2.39. The molecule has 1 aliphatic rings. The summed E-state index contributed by atoms with van der Waals surface area (Å²) in [5.74, 6) is 0.584. The molecule has 23 heavy (non-hydrogen) atoms. The van der Waals surface area contributed by atoms with Gasteiger partial charge in [-0.2, -0.15) is 5.10 Å². The lowest BCUT2D eigenvalue weighted by molar-refractivity contribution is 0.0940. The SMILES string of the molecule is Cn1ccc(C(=O)NCCN2CCC(c3ccccc3)CC2)n1. The Labute approximate surface area is 137 Å². The van der Waals surface area contributed by atoms with E-state index in [1.54, 1.807) is 16.9 Å². The quantitative estimate of drug-likeness (QED) is 0.919. The molecule has 0 aliphatic carbocycles. The number of piperidine rings is 1. The molecule has 0 unspecified atom stereocenters. The zero-order valence-electron chi connectivity index (χ0n) is 13.6. The van der Waals surface area contributed by atoms with E-state index in [1.807, 2.05) is 7.05 Å². The largest absolute Gasteiger partial charge is 0.349 e. The molecule has 1 saturated heterocycles. The highest BCUT2D eigenvalue weighted by molar-refractivity contribution is 5.92. The van der Waals surface area contributed by atoms with Crippen LogP contribution in [0.5, 0.6) is 0 Å². The molecule has 1 fully saturated rings. The van der Waals surface area contributed by atoms with E-state index in [4.69, 9.17) is 0 Å². The minimum Gasteiger partial charge on any atom is -0.349 e. The van der Waals surface area contributed by atoms with Crippen LogP contribution >= 0.6 is 0 Å². The van der Waals surface area contributed by atoms with Crippen molar-refractivity contribution in [3.63, 3.8) is 0 Å². The number of benzene rings is 1. The lowest BCUT2D eigenvalue weighted by Gasteiger charge is -2.32. The van der Waals surface area contributed by atoms with E-state index in [9.17, 15) is 4.79 Å². The van der Waals surface area contributed by atoms with Crippen LogP contribution in [0, 0.1) is 0 Å². The fourth-order valence-electron chi connectivity index (χ4n) is 3.17. The summed E-state index contributed by atoms with van der Waals surface area (Å²) in [5, 5.41) is 7.06. The molecule has 1 aromatic carbocycles. The number of nitrogens with one attached hydrogen (secondary N) is 1. The number of aromatic nitrogens is 2. The molecular formula is C18H24N4O. The zero-order valence-corrected chi connectivity index (χ0v) is 13.6. The summed E-state index contributed by atoms with van der Waals surface area (Å²) in [4.78, 5) is 14.4. The van der Waals surface area contributed by atoms with Gasteiger partial charge in [0.15, 0.2) is 0 Å². The number of aryl methyl sites for hydroxylation is 1. The Morgan fingerprint density at radius 1 is 1.22 bits per heavy atom. The van der Waals surface area contributed by atoms with Crippen molar-refractivity contribution in [3.05, 3.63) is 53.9 Å². The Kier molecular flexibility index (Phi) is 5.08. The summed E-state index contributed by atoms with van der Waals surface area (Å²) >= 11 is 0. The average Bonchev–Trinajstić information content (AvgIpc) is 3.03. The van der Waals surface area contributed by atoms with E-state index in [1.165, 1.54) is 18.4 Å². The first-order valence-corrected chi connectivity index (χ1v) is 8.27. The number of nitrogens with zero attached hydrogens (tertiary/aromatic N) is 3. The summed E-state index contributed by atoms with van der Waals surface area (Å²) in [6, 6.07) is 12.5. The minimum atomic E-state index is -0.0928. The number of hydrogen-bond acceptors (Lipinski definition) is 3. The summed E-state index contributed by atoms with van der Waals surface area (Å²) in [7, 11) is 1.81. The summed E-state index contributed by atoms with van der Waals surface area (Å²) < 4.78 is 1.64. The first kappa shape index (κ1) is 15.7. The zero-order chi connectivity index (χ0) is 16.1. The third kappa shape index (κ3) is 4.20. The van der Waals surface area contributed by atoms with Gasteiger partial charge in [-0.1, -0.05) is 30.3 Å². The molecule has 5 heteroatoms. The molecule has 2 heterocycles. The summed E-state index contributed by atoms with van der Waals surface area (Å²) in [6.45, 7) is 3.77. The van der Waals surface area contributed by atoms with Crippen LogP contribution in [0.25, 0.3) is 0 Å². The highest BCUT2D eigenvalue weighted by atomic mass is 16.1. The second-order valence-electron chi connectivity index (χ2n) is 6.16. The molecule has 2 aromatic rings. The van der Waals surface area contributed by atoms with Crippen molar-refractivity contribution in [2.24, 2.45) is 7.05 Å². The van der Waals surface area contributed by atoms with Crippen LogP contribution in [-0.2, 0) is 7.05 Å². The van der Waals surface area contributed by atoms with Crippen LogP contribution < -0.4 is 5.32 Å². The maximum atomic E-state index is 11.9. The van der Waals surface area contributed by atoms with Gasteiger partial charge in [0.25, 0.3) is 5.91 Å². The second-order valence-corrected chi connectivity index (χ2v) is 6.16. The molecule has 1 aliphatic heterocycles. The number of rotatable bonds is 5. The van der Waals surface area contributed by atoms with E-state index in [-0.39, 0.29) is 5.91 Å². The minimum absolute atomic E-state index is 0.0928. The van der Waals surface area contributed by atoms with E-state index in [2.05, 4.69) is 45.6 Å². The molecule has 0 atom stereocenters. The van der Waals surface area contributed by atoms with Crippen LogP contribution in [-0.4, -0.2) is 46.8 Å². The monoisotopic (exact) mass is 312 g/mol. The molecule has 0 spiro atoms. The van der Waals surface area contributed by atoms with Crippen LogP contribution in [0.3, 0.4) is 0 Å². The van der Waals surface area contributed by atoms with Gasteiger partial charge in [0, 0.05) is 26.3 Å². The van der Waals surface area contributed by atoms with E-state index < -0.39 is 0 Å². The Balaban J connectivity index is 1.39. The van der Waals surface area contributed by atoms with Crippen LogP contribution in [0.4, 0.5) is 0 Å². The standard InChI is InChI=1S/C18H24N4O/c1-21-11-9-17(20-21)18(23)19-10-14-22-12-7-16(8-13-22)15-5-3-2-4-6-15/h2-6,9,11,16H,7-8,10,12-14H2,1H3,(H,19,23). The third-order valence-electron chi connectivity index (χ3n) is 4.52. The summed E-state index contributed by atoms with van der Waals surface area (Å²) in [5.41, 5.74) is 1.94. The molecule has 1 aromatic heterocycles. The normalized spacial score (nSPS) is 16.4. The van der Waals surface area contributed by atoms with Crippen LogP contribution in [0.2, 0.25) is 0 Å². The molecule has 1 N–H and O–H groups in total. The molecule has 0 radical (unpaired) electrons. The molecule has 122 valence electrons. The van der Waals surface area contributed by atoms with Crippen LogP contribution in [0.15, 0.2) is 42.6 Å². The number of amides is 1. The van der Waals surface area contributed by atoms with Crippen molar-refractivity contribution < 1.29 is 4.79 Å².